The van der Waals surface area contributed by atoms with Crippen molar-refractivity contribution in [2.24, 2.45) is 0 Å². The van der Waals surface area contributed by atoms with Crippen LogP contribution < -0.4 is 15.4 Å². The molecule has 0 aliphatic carbocycles. The van der Waals surface area contributed by atoms with E-state index in [9.17, 15) is 13.2 Å². The summed E-state index contributed by atoms with van der Waals surface area (Å²) in [6, 6.07) is 17.0. The van der Waals surface area contributed by atoms with E-state index >= 15 is 0 Å². The van der Waals surface area contributed by atoms with E-state index in [4.69, 9.17) is 0 Å². The van der Waals surface area contributed by atoms with E-state index in [1.807, 2.05) is 30.5 Å². The van der Waals surface area contributed by atoms with Crippen LogP contribution in [0, 0.1) is 20.8 Å². The van der Waals surface area contributed by atoms with Gasteiger partial charge in [-0.25, -0.2) is 33.1 Å². The van der Waals surface area contributed by atoms with Crippen LogP contribution in [-0.4, -0.2) is 34.3 Å². The Labute approximate surface area is 233 Å². The molecular formula is C26H23N7O3S3. The highest BCUT2D eigenvalue weighted by molar-refractivity contribution is 7.92. The Morgan fingerprint density at radius 1 is 0.846 bits per heavy atom. The standard InChI is InChI=1S/C26H23N7O3S3/c1-15-13-16(2)28-24(27-15)33-39(35,36)20-11-9-19(10-12-20)30-25-31-21(14-37-25)22-17(3)29-26(38-22)32-23(34)18-7-5-4-6-8-18/h4-14H,1-3H3,(H,30,31)(H,27,28,33)(H,29,32,34). The minimum atomic E-state index is -3.85. The van der Waals surface area contributed by atoms with E-state index in [2.05, 4.69) is 35.3 Å². The van der Waals surface area contributed by atoms with Crippen LogP contribution in [0.15, 0.2) is 70.9 Å². The Morgan fingerprint density at radius 2 is 1.54 bits per heavy atom. The molecule has 5 aromatic rings. The highest BCUT2D eigenvalue weighted by Gasteiger charge is 2.18. The number of thiazole rings is 2. The van der Waals surface area contributed by atoms with Gasteiger partial charge in [-0.05, 0) is 63.2 Å². The molecule has 0 spiro atoms. The molecule has 3 N–H and O–H groups in total. The first-order valence-electron chi connectivity index (χ1n) is 11.7. The maximum Gasteiger partial charge on any atom is 0.264 e. The maximum atomic E-state index is 12.8. The average molecular weight is 578 g/mol. The van der Waals surface area contributed by atoms with Crippen LogP contribution in [0.25, 0.3) is 10.6 Å². The molecule has 0 unspecified atom stereocenters. The van der Waals surface area contributed by atoms with Gasteiger partial charge in [0, 0.05) is 28.0 Å². The van der Waals surface area contributed by atoms with Gasteiger partial charge in [-0.15, -0.1) is 11.3 Å². The Kier molecular flexibility index (Phi) is 7.37. The highest BCUT2D eigenvalue weighted by atomic mass is 32.2. The number of hydrogen-bond donors (Lipinski definition) is 3. The van der Waals surface area contributed by atoms with Crippen LogP contribution in [0.1, 0.15) is 27.4 Å². The summed E-state index contributed by atoms with van der Waals surface area (Å²) < 4.78 is 28.0. The summed E-state index contributed by atoms with van der Waals surface area (Å²) in [7, 11) is -3.85. The zero-order valence-electron chi connectivity index (χ0n) is 21.1. The van der Waals surface area contributed by atoms with Gasteiger partial charge in [0.15, 0.2) is 10.3 Å². The van der Waals surface area contributed by atoms with E-state index in [0.717, 1.165) is 16.3 Å². The molecule has 13 heteroatoms. The molecule has 0 aliphatic heterocycles. The number of carbonyl (C=O) groups excluding carboxylic acids is 1. The van der Waals surface area contributed by atoms with E-state index < -0.39 is 10.0 Å². The third-order valence-electron chi connectivity index (χ3n) is 5.41. The molecule has 3 aromatic heterocycles. The maximum absolute atomic E-state index is 12.8. The zero-order valence-corrected chi connectivity index (χ0v) is 23.5. The van der Waals surface area contributed by atoms with Crippen molar-refractivity contribution in [3.05, 3.63) is 88.7 Å². The summed E-state index contributed by atoms with van der Waals surface area (Å²) in [5.74, 6) is -0.190. The number of sulfonamides is 1. The number of carbonyl (C=O) groups is 1. The largest absolute Gasteiger partial charge is 0.332 e. The molecule has 0 atom stereocenters. The average Bonchev–Trinajstić information content (AvgIpc) is 3.49. The Balaban J connectivity index is 1.26. The summed E-state index contributed by atoms with van der Waals surface area (Å²) >= 11 is 2.76. The molecule has 0 saturated carbocycles. The van der Waals surface area contributed by atoms with Gasteiger partial charge >= 0.3 is 0 Å². The van der Waals surface area contributed by atoms with Crippen LogP contribution >= 0.6 is 22.7 Å². The number of aryl methyl sites for hydroxylation is 3. The Bertz CT molecular complexity index is 1730. The van der Waals surface area contributed by atoms with Crippen molar-refractivity contribution >= 4 is 60.5 Å². The molecule has 5 rings (SSSR count). The van der Waals surface area contributed by atoms with Gasteiger partial charge in [0.05, 0.1) is 21.2 Å². The Morgan fingerprint density at radius 3 is 2.23 bits per heavy atom. The Hall–Kier alpha value is -4.20. The van der Waals surface area contributed by atoms with Gasteiger partial charge in [-0.2, -0.15) is 0 Å². The molecule has 0 aliphatic rings. The van der Waals surface area contributed by atoms with Crippen LogP contribution in [0.3, 0.4) is 0 Å². The molecule has 0 fully saturated rings. The molecule has 3 heterocycles. The fourth-order valence-electron chi connectivity index (χ4n) is 3.67. The lowest BCUT2D eigenvalue weighted by Gasteiger charge is -2.09. The van der Waals surface area contributed by atoms with Crippen LogP contribution in [-0.2, 0) is 10.0 Å². The monoisotopic (exact) mass is 577 g/mol. The van der Waals surface area contributed by atoms with Crippen molar-refractivity contribution in [3.8, 4) is 10.6 Å². The van der Waals surface area contributed by atoms with Crippen molar-refractivity contribution in [3.63, 3.8) is 0 Å². The van der Waals surface area contributed by atoms with Crippen molar-refractivity contribution in [1.29, 1.82) is 0 Å². The molecule has 39 heavy (non-hydrogen) atoms. The number of anilines is 4. The SMILES string of the molecule is Cc1cc(C)nc(NS(=O)(=O)c2ccc(Nc3nc(-c4sc(NC(=O)c5ccccc5)nc4C)cs3)cc2)n1. The molecule has 2 aromatic carbocycles. The topological polar surface area (TPSA) is 139 Å². The lowest BCUT2D eigenvalue weighted by Crippen LogP contribution is -2.15. The second-order valence-corrected chi connectivity index (χ2v) is 12.1. The fourth-order valence-corrected chi connectivity index (χ4v) is 6.34. The highest BCUT2D eigenvalue weighted by Crippen LogP contribution is 2.35. The van der Waals surface area contributed by atoms with Crippen molar-refractivity contribution in [1.82, 2.24) is 19.9 Å². The van der Waals surface area contributed by atoms with Crippen LogP contribution in [0.2, 0.25) is 0 Å². The molecule has 0 bridgehead atoms. The van der Waals surface area contributed by atoms with Crippen molar-refractivity contribution in [2.75, 3.05) is 15.4 Å². The zero-order chi connectivity index (χ0) is 27.6. The fraction of sp³-hybridized carbons (Fsp3) is 0.115. The molecule has 10 nitrogen and oxygen atoms in total. The first-order chi connectivity index (χ1) is 18.7. The lowest BCUT2D eigenvalue weighted by atomic mass is 10.2. The molecule has 0 radical (unpaired) electrons. The molecular weight excluding hydrogens is 555 g/mol. The number of nitrogens with zero attached hydrogens (tertiary/aromatic N) is 4. The lowest BCUT2D eigenvalue weighted by molar-refractivity contribution is 0.102. The van der Waals surface area contributed by atoms with E-state index in [0.29, 0.717) is 32.9 Å². The van der Waals surface area contributed by atoms with Gasteiger partial charge in [0.1, 0.15) is 0 Å². The number of benzene rings is 2. The van der Waals surface area contributed by atoms with Gasteiger partial charge < -0.3 is 5.32 Å². The molecule has 1 amide bonds. The summed E-state index contributed by atoms with van der Waals surface area (Å²) in [5.41, 5.74) is 4.06. The van der Waals surface area contributed by atoms with E-state index in [1.165, 1.54) is 34.8 Å². The third-order valence-corrected chi connectivity index (χ3v) is 8.61. The number of hydrogen-bond acceptors (Lipinski definition) is 10. The van der Waals surface area contributed by atoms with E-state index in [-0.39, 0.29) is 16.8 Å². The summed E-state index contributed by atoms with van der Waals surface area (Å²) in [6.07, 6.45) is 0. The van der Waals surface area contributed by atoms with Crippen molar-refractivity contribution < 1.29 is 13.2 Å². The quantitative estimate of drug-likeness (QED) is 0.211. The predicted octanol–water partition coefficient (Wildman–Crippen LogP) is 5.78. The first kappa shape index (κ1) is 26.4. The first-order valence-corrected chi connectivity index (χ1v) is 14.9. The number of rotatable bonds is 8. The second kappa shape index (κ2) is 10.9. The van der Waals surface area contributed by atoms with Gasteiger partial charge in [0.2, 0.25) is 5.95 Å². The minimum Gasteiger partial charge on any atom is -0.332 e. The second-order valence-electron chi connectivity index (χ2n) is 8.52. The normalized spacial score (nSPS) is 11.3. The predicted molar refractivity (Wildman–Crippen MR) is 154 cm³/mol. The smallest absolute Gasteiger partial charge is 0.264 e. The molecule has 198 valence electrons. The van der Waals surface area contributed by atoms with Gasteiger partial charge in [0.25, 0.3) is 15.9 Å². The van der Waals surface area contributed by atoms with Gasteiger partial charge in [-0.1, -0.05) is 29.5 Å². The summed E-state index contributed by atoms with van der Waals surface area (Å²) in [4.78, 5) is 30.8. The van der Waals surface area contributed by atoms with Crippen LogP contribution in [0.5, 0.6) is 0 Å². The number of nitrogens with one attached hydrogen (secondary N) is 3. The van der Waals surface area contributed by atoms with E-state index in [1.54, 1.807) is 44.2 Å². The third kappa shape index (κ3) is 6.28. The number of aromatic nitrogens is 4. The van der Waals surface area contributed by atoms with Gasteiger partial charge in [-0.3, -0.25) is 10.1 Å². The van der Waals surface area contributed by atoms with Crippen molar-refractivity contribution in [2.45, 2.75) is 25.7 Å². The summed E-state index contributed by atoms with van der Waals surface area (Å²) in [6.45, 7) is 5.42. The molecule has 0 saturated heterocycles. The van der Waals surface area contributed by atoms with Crippen LogP contribution in [0.4, 0.5) is 21.9 Å². The number of amides is 1. The minimum absolute atomic E-state index is 0.0335. The summed E-state index contributed by atoms with van der Waals surface area (Å²) in [5, 5.41) is 9.07.